The van der Waals surface area contributed by atoms with E-state index in [0.29, 0.717) is 23.4 Å². The molecule has 2 rings (SSSR count). The lowest BCUT2D eigenvalue weighted by Gasteiger charge is -2.10. The first kappa shape index (κ1) is 13.4. The summed E-state index contributed by atoms with van der Waals surface area (Å²) >= 11 is 0. The highest BCUT2D eigenvalue weighted by atomic mass is 16.1. The summed E-state index contributed by atoms with van der Waals surface area (Å²) in [5, 5.41) is 11.7. The van der Waals surface area contributed by atoms with Gasteiger partial charge in [0, 0.05) is 11.3 Å². The van der Waals surface area contributed by atoms with Crippen LogP contribution in [0, 0.1) is 11.3 Å². The van der Waals surface area contributed by atoms with E-state index in [0.717, 1.165) is 11.3 Å². The minimum Gasteiger partial charge on any atom is -0.397 e. The van der Waals surface area contributed by atoms with Crippen LogP contribution in [0.5, 0.6) is 0 Å². The quantitative estimate of drug-likeness (QED) is 0.737. The molecule has 1 amide bonds. The maximum atomic E-state index is 11.2. The Hall–Kier alpha value is -3.00. The third-order valence-corrected chi connectivity index (χ3v) is 2.85. The van der Waals surface area contributed by atoms with Gasteiger partial charge in [0.2, 0.25) is 5.91 Å². The molecule has 0 radical (unpaired) electrons. The van der Waals surface area contributed by atoms with E-state index in [9.17, 15) is 4.79 Å². The highest BCUT2D eigenvalue weighted by molar-refractivity contribution is 5.95. The number of carbonyl (C=O) groups is 1. The average Bonchev–Trinajstić information content (AvgIpc) is 2.43. The molecule has 20 heavy (non-hydrogen) atoms. The Morgan fingerprint density at radius 3 is 2.50 bits per heavy atom. The maximum Gasteiger partial charge on any atom is 0.248 e. The van der Waals surface area contributed by atoms with Crippen molar-refractivity contribution in [3.8, 4) is 6.07 Å². The first-order valence-corrected chi connectivity index (χ1v) is 6.02. The van der Waals surface area contributed by atoms with Crippen LogP contribution in [-0.2, 0) is 6.42 Å². The summed E-state index contributed by atoms with van der Waals surface area (Å²) in [6, 6.07) is 14.3. The van der Waals surface area contributed by atoms with Gasteiger partial charge in [0.25, 0.3) is 0 Å². The number of benzene rings is 2. The fraction of sp³-hybridized carbons (Fsp3) is 0.0667. The topological polar surface area (TPSA) is 105 Å². The van der Waals surface area contributed by atoms with Crippen molar-refractivity contribution in [1.29, 1.82) is 5.26 Å². The van der Waals surface area contributed by atoms with Gasteiger partial charge < -0.3 is 16.8 Å². The van der Waals surface area contributed by atoms with Crippen LogP contribution in [0.4, 0.5) is 17.1 Å². The second-order valence-electron chi connectivity index (χ2n) is 4.32. The van der Waals surface area contributed by atoms with Crippen molar-refractivity contribution in [2.24, 2.45) is 5.73 Å². The zero-order chi connectivity index (χ0) is 14.5. The van der Waals surface area contributed by atoms with E-state index in [1.54, 1.807) is 18.2 Å². The molecule has 0 bridgehead atoms. The normalized spacial score (nSPS) is 9.75. The summed E-state index contributed by atoms with van der Waals surface area (Å²) in [5.41, 5.74) is 14.4. The van der Waals surface area contributed by atoms with Crippen molar-refractivity contribution >= 4 is 23.0 Å². The van der Waals surface area contributed by atoms with Gasteiger partial charge in [0.15, 0.2) is 0 Å². The number of carbonyl (C=O) groups excluding carboxylic acids is 1. The van der Waals surface area contributed by atoms with Crippen LogP contribution in [0.3, 0.4) is 0 Å². The molecule has 0 fully saturated rings. The van der Waals surface area contributed by atoms with Crippen LogP contribution < -0.4 is 16.8 Å². The predicted octanol–water partition coefficient (Wildman–Crippen LogP) is 2.18. The Balaban J connectivity index is 2.23. The summed E-state index contributed by atoms with van der Waals surface area (Å²) < 4.78 is 0. The van der Waals surface area contributed by atoms with E-state index in [2.05, 4.69) is 11.4 Å². The van der Waals surface area contributed by atoms with Crippen LogP contribution in [-0.4, -0.2) is 5.91 Å². The van der Waals surface area contributed by atoms with E-state index >= 15 is 0 Å². The summed E-state index contributed by atoms with van der Waals surface area (Å²) in [6.07, 6.45) is 0.375. The van der Waals surface area contributed by atoms with Gasteiger partial charge in [0.05, 0.1) is 23.9 Å². The molecule has 0 aromatic heterocycles. The molecule has 0 aliphatic rings. The molecule has 0 atom stereocenters. The summed E-state index contributed by atoms with van der Waals surface area (Å²) in [6.45, 7) is 0. The number of hydrogen-bond donors (Lipinski definition) is 3. The number of nitriles is 1. The van der Waals surface area contributed by atoms with Crippen molar-refractivity contribution < 1.29 is 4.79 Å². The molecule has 0 aliphatic heterocycles. The van der Waals surface area contributed by atoms with Crippen LogP contribution in [0.25, 0.3) is 0 Å². The average molecular weight is 266 g/mol. The molecule has 2 aromatic rings. The van der Waals surface area contributed by atoms with Gasteiger partial charge in [-0.05, 0) is 35.9 Å². The molecule has 0 spiro atoms. The van der Waals surface area contributed by atoms with Gasteiger partial charge in [-0.2, -0.15) is 5.26 Å². The summed E-state index contributed by atoms with van der Waals surface area (Å²) in [5.74, 6) is -0.502. The van der Waals surface area contributed by atoms with E-state index in [1.165, 1.54) is 0 Å². The van der Waals surface area contributed by atoms with Gasteiger partial charge in [-0.25, -0.2) is 0 Å². The van der Waals surface area contributed by atoms with Gasteiger partial charge in [-0.3, -0.25) is 4.79 Å². The lowest BCUT2D eigenvalue weighted by molar-refractivity contribution is 0.100. The predicted molar refractivity (Wildman–Crippen MR) is 78.4 cm³/mol. The van der Waals surface area contributed by atoms with Crippen LogP contribution in [0.15, 0.2) is 42.5 Å². The van der Waals surface area contributed by atoms with Crippen molar-refractivity contribution in [3.63, 3.8) is 0 Å². The molecule has 5 N–H and O–H groups in total. The molecule has 5 heteroatoms. The number of primary amides is 1. The lowest BCUT2D eigenvalue weighted by atomic mass is 10.1. The minimum absolute atomic E-state index is 0.375. The van der Waals surface area contributed by atoms with Crippen LogP contribution in [0.1, 0.15) is 15.9 Å². The Morgan fingerprint density at radius 2 is 1.90 bits per heavy atom. The number of hydrogen-bond acceptors (Lipinski definition) is 4. The fourth-order valence-corrected chi connectivity index (χ4v) is 1.77. The Labute approximate surface area is 116 Å². The molecular weight excluding hydrogens is 252 g/mol. The molecule has 2 aromatic carbocycles. The number of nitrogen functional groups attached to an aromatic ring is 1. The van der Waals surface area contributed by atoms with E-state index < -0.39 is 5.91 Å². The van der Waals surface area contributed by atoms with Crippen LogP contribution >= 0.6 is 0 Å². The van der Waals surface area contributed by atoms with Crippen molar-refractivity contribution in [1.82, 2.24) is 0 Å². The zero-order valence-corrected chi connectivity index (χ0v) is 10.8. The minimum atomic E-state index is -0.502. The third-order valence-electron chi connectivity index (χ3n) is 2.85. The monoisotopic (exact) mass is 266 g/mol. The maximum absolute atomic E-state index is 11.2. The third kappa shape index (κ3) is 3.06. The highest BCUT2D eigenvalue weighted by Gasteiger charge is 2.05. The first-order valence-electron chi connectivity index (χ1n) is 6.02. The second-order valence-corrected chi connectivity index (χ2v) is 4.32. The first-order chi connectivity index (χ1) is 9.60. The summed E-state index contributed by atoms with van der Waals surface area (Å²) in [4.78, 5) is 11.2. The van der Waals surface area contributed by atoms with Crippen molar-refractivity contribution in [2.45, 2.75) is 6.42 Å². The van der Waals surface area contributed by atoms with Gasteiger partial charge in [0.1, 0.15) is 0 Å². The Bertz CT molecular complexity index is 671. The molecule has 5 nitrogen and oxygen atoms in total. The molecule has 0 unspecified atom stereocenters. The van der Waals surface area contributed by atoms with Crippen molar-refractivity contribution in [3.05, 3.63) is 53.6 Å². The van der Waals surface area contributed by atoms with E-state index in [4.69, 9.17) is 16.7 Å². The number of nitrogens with one attached hydrogen (secondary N) is 1. The number of rotatable bonds is 4. The fourth-order valence-electron chi connectivity index (χ4n) is 1.77. The standard InChI is InChI=1S/C15H14N4O/c16-8-7-10-1-4-12(5-2-10)19-14-9-11(15(18)20)3-6-13(14)17/h1-6,9,19H,7,17H2,(H2,18,20). The molecule has 0 saturated heterocycles. The molecule has 0 saturated carbocycles. The Kier molecular flexibility index (Phi) is 3.87. The largest absolute Gasteiger partial charge is 0.397 e. The number of nitrogens with two attached hydrogens (primary N) is 2. The number of amides is 1. The van der Waals surface area contributed by atoms with E-state index in [-0.39, 0.29) is 0 Å². The Morgan fingerprint density at radius 1 is 1.20 bits per heavy atom. The molecular formula is C15H14N4O. The smallest absolute Gasteiger partial charge is 0.248 e. The van der Waals surface area contributed by atoms with Crippen molar-refractivity contribution in [2.75, 3.05) is 11.1 Å². The zero-order valence-electron chi connectivity index (χ0n) is 10.8. The van der Waals surface area contributed by atoms with Gasteiger partial charge in [-0.1, -0.05) is 12.1 Å². The molecule has 0 heterocycles. The van der Waals surface area contributed by atoms with Crippen LogP contribution in [0.2, 0.25) is 0 Å². The molecule has 100 valence electrons. The van der Waals surface area contributed by atoms with Gasteiger partial charge >= 0.3 is 0 Å². The second kappa shape index (κ2) is 5.76. The number of anilines is 3. The lowest BCUT2D eigenvalue weighted by Crippen LogP contribution is -2.11. The highest BCUT2D eigenvalue weighted by Crippen LogP contribution is 2.24. The molecule has 0 aliphatic carbocycles. The van der Waals surface area contributed by atoms with Gasteiger partial charge in [-0.15, -0.1) is 0 Å². The summed E-state index contributed by atoms with van der Waals surface area (Å²) in [7, 11) is 0. The number of nitrogens with zero attached hydrogens (tertiary/aromatic N) is 1. The van der Waals surface area contributed by atoms with E-state index in [1.807, 2.05) is 24.3 Å². The SMILES string of the molecule is N#CCc1ccc(Nc2cc(C(N)=O)ccc2N)cc1.